The third-order valence-electron chi connectivity index (χ3n) is 2.73. The van der Waals surface area contributed by atoms with Crippen LogP contribution in [0, 0.1) is 5.82 Å². The van der Waals surface area contributed by atoms with Crippen LogP contribution in [0.15, 0.2) is 52.3 Å². The summed E-state index contributed by atoms with van der Waals surface area (Å²) in [6.45, 7) is 1.61. The van der Waals surface area contributed by atoms with Gasteiger partial charge < -0.3 is 9.84 Å². The molecule has 19 heavy (non-hydrogen) atoms. The number of para-hydroxylation sites is 1. The summed E-state index contributed by atoms with van der Waals surface area (Å²) in [7, 11) is 1.59. The molecule has 4 heteroatoms. The van der Waals surface area contributed by atoms with E-state index >= 15 is 0 Å². The Morgan fingerprint density at radius 3 is 2.53 bits per heavy atom. The molecule has 0 amide bonds. The minimum Gasteiger partial charge on any atom is -0.496 e. The average Bonchev–Trinajstić information content (AvgIpc) is 2.41. The zero-order chi connectivity index (χ0) is 13.8. The first kappa shape index (κ1) is 13.9. The molecule has 0 aromatic heterocycles. The van der Waals surface area contributed by atoms with Crippen molar-refractivity contribution in [1.29, 1.82) is 0 Å². The summed E-state index contributed by atoms with van der Waals surface area (Å²) < 4.78 is 19.2. The van der Waals surface area contributed by atoms with Crippen LogP contribution in [-0.4, -0.2) is 12.2 Å². The Morgan fingerprint density at radius 1 is 1.16 bits per heavy atom. The predicted molar refractivity (Wildman–Crippen MR) is 74.2 cm³/mol. The second kappa shape index (κ2) is 6.08. The number of methoxy groups -OCH3 is 1. The number of hydrogen-bond acceptors (Lipinski definition) is 3. The minimum atomic E-state index is -0.667. The number of benzene rings is 2. The van der Waals surface area contributed by atoms with Crippen LogP contribution in [0.5, 0.6) is 5.75 Å². The molecule has 0 aliphatic heterocycles. The van der Waals surface area contributed by atoms with E-state index in [4.69, 9.17) is 4.74 Å². The van der Waals surface area contributed by atoms with Gasteiger partial charge in [-0.25, -0.2) is 4.39 Å². The van der Waals surface area contributed by atoms with Gasteiger partial charge in [0.15, 0.2) is 0 Å². The molecule has 0 saturated heterocycles. The fourth-order valence-electron chi connectivity index (χ4n) is 1.68. The van der Waals surface area contributed by atoms with Crippen molar-refractivity contribution in [3.05, 3.63) is 53.8 Å². The molecule has 0 fully saturated rings. The Labute approximate surface area is 116 Å². The molecular weight excluding hydrogens is 263 g/mol. The molecule has 0 saturated carbocycles. The lowest BCUT2D eigenvalue weighted by atomic mass is 10.1. The number of aliphatic hydroxyl groups excluding tert-OH is 1. The normalized spacial score (nSPS) is 12.2. The summed E-state index contributed by atoms with van der Waals surface area (Å²) >= 11 is 1.30. The van der Waals surface area contributed by atoms with Crippen molar-refractivity contribution in [1.82, 2.24) is 0 Å². The Morgan fingerprint density at radius 2 is 1.89 bits per heavy atom. The summed E-state index contributed by atoms with van der Waals surface area (Å²) in [5, 5.41) is 9.42. The zero-order valence-electron chi connectivity index (χ0n) is 10.8. The van der Waals surface area contributed by atoms with Crippen molar-refractivity contribution in [2.45, 2.75) is 22.8 Å². The maximum atomic E-state index is 14.0. The van der Waals surface area contributed by atoms with Crippen LogP contribution in [0.1, 0.15) is 18.6 Å². The number of hydrogen-bond donors (Lipinski definition) is 1. The van der Waals surface area contributed by atoms with E-state index < -0.39 is 6.10 Å². The third-order valence-corrected chi connectivity index (χ3v) is 3.84. The summed E-state index contributed by atoms with van der Waals surface area (Å²) in [5.41, 5.74) is 0.571. The van der Waals surface area contributed by atoms with Gasteiger partial charge in [-0.3, -0.25) is 0 Å². The maximum Gasteiger partial charge on any atom is 0.137 e. The Kier molecular flexibility index (Phi) is 4.45. The molecule has 2 nitrogen and oxygen atoms in total. The zero-order valence-corrected chi connectivity index (χ0v) is 11.6. The van der Waals surface area contributed by atoms with Gasteiger partial charge in [0.1, 0.15) is 11.6 Å². The molecule has 0 aliphatic carbocycles. The van der Waals surface area contributed by atoms with Crippen LogP contribution < -0.4 is 4.74 Å². The first-order valence-electron chi connectivity index (χ1n) is 5.90. The van der Waals surface area contributed by atoms with Crippen LogP contribution in [-0.2, 0) is 0 Å². The van der Waals surface area contributed by atoms with E-state index in [0.29, 0.717) is 16.2 Å². The molecule has 0 aliphatic rings. The molecule has 2 aromatic carbocycles. The molecule has 2 aromatic rings. The smallest absolute Gasteiger partial charge is 0.137 e. The Bertz CT molecular complexity index is 570. The minimum absolute atomic E-state index is 0.339. The number of halogens is 1. The summed E-state index contributed by atoms with van der Waals surface area (Å²) in [6, 6.07) is 12.2. The Hall–Kier alpha value is -1.52. The average molecular weight is 278 g/mol. The maximum absolute atomic E-state index is 14.0. The highest BCUT2D eigenvalue weighted by atomic mass is 32.2. The van der Waals surface area contributed by atoms with Gasteiger partial charge >= 0.3 is 0 Å². The molecule has 1 N–H and O–H groups in total. The van der Waals surface area contributed by atoms with Crippen LogP contribution in [0.2, 0.25) is 0 Å². The lowest BCUT2D eigenvalue weighted by Gasteiger charge is -2.10. The van der Waals surface area contributed by atoms with E-state index in [-0.39, 0.29) is 5.82 Å². The first-order chi connectivity index (χ1) is 9.11. The molecule has 0 spiro atoms. The Balaban J connectivity index is 2.28. The SMILES string of the molecule is COc1ccccc1Sc1ccc([C@@H](C)O)cc1F. The van der Waals surface area contributed by atoms with Gasteiger partial charge in [-0.15, -0.1) is 0 Å². The van der Waals surface area contributed by atoms with Crippen molar-refractivity contribution in [2.75, 3.05) is 7.11 Å². The van der Waals surface area contributed by atoms with E-state index in [9.17, 15) is 9.50 Å². The molecule has 0 radical (unpaired) electrons. The van der Waals surface area contributed by atoms with Crippen molar-refractivity contribution in [3.8, 4) is 5.75 Å². The summed E-state index contributed by atoms with van der Waals surface area (Å²) in [4.78, 5) is 1.36. The van der Waals surface area contributed by atoms with Gasteiger partial charge in [0.05, 0.1) is 18.1 Å². The molecule has 0 unspecified atom stereocenters. The van der Waals surface area contributed by atoms with E-state index in [1.54, 1.807) is 26.2 Å². The topological polar surface area (TPSA) is 29.5 Å². The highest BCUT2D eigenvalue weighted by molar-refractivity contribution is 7.99. The van der Waals surface area contributed by atoms with Crippen molar-refractivity contribution < 1.29 is 14.2 Å². The largest absolute Gasteiger partial charge is 0.496 e. The molecule has 2 rings (SSSR count). The van der Waals surface area contributed by atoms with Crippen LogP contribution in [0.3, 0.4) is 0 Å². The number of rotatable bonds is 4. The molecule has 0 bridgehead atoms. The first-order valence-corrected chi connectivity index (χ1v) is 6.72. The van der Waals surface area contributed by atoms with E-state index in [1.807, 2.05) is 24.3 Å². The molecular formula is C15H15FO2S. The fourth-order valence-corrected chi connectivity index (χ4v) is 2.61. The fraction of sp³-hybridized carbons (Fsp3) is 0.200. The van der Waals surface area contributed by atoms with Crippen molar-refractivity contribution in [2.24, 2.45) is 0 Å². The van der Waals surface area contributed by atoms with Crippen molar-refractivity contribution in [3.63, 3.8) is 0 Å². The molecule has 100 valence electrons. The van der Waals surface area contributed by atoms with Gasteiger partial charge in [0, 0.05) is 4.90 Å². The summed E-state index contributed by atoms with van der Waals surface area (Å²) in [5.74, 6) is 0.376. The monoisotopic (exact) mass is 278 g/mol. The number of aliphatic hydroxyl groups is 1. The van der Waals surface area contributed by atoms with E-state index in [0.717, 1.165) is 4.90 Å². The van der Waals surface area contributed by atoms with Gasteiger partial charge in [-0.2, -0.15) is 0 Å². The quantitative estimate of drug-likeness (QED) is 0.915. The molecule has 1 atom stereocenters. The van der Waals surface area contributed by atoms with Gasteiger partial charge in [0.2, 0.25) is 0 Å². The highest BCUT2D eigenvalue weighted by Gasteiger charge is 2.10. The van der Waals surface area contributed by atoms with E-state index in [2.05, 4.69) is 0 Å². The van der Waals surface area contributed by atoms with Gasteiger partial charge in [0.25, 0.3) is 0 Å². The molecule has 0 heterocycles. The van der Waals surface area contributed by atoms with Crippen LogP contribution in [0.4, 0.5) is 4.39 Å². The third kappa shape index (κ3) is 3.28. The van der Waals surface area contributed by atoms with Gasteiger partial charge in [-0.05, 0) is 36.8 Å². The number of ether oxygens (including phenoxy) is 1. The van der Waals surface area contributed by atoms with E-state index in [1.165, 1.54) is 17.8 Å². The second-order valence-electron chi connectivity index (χ2n) is 4.12. The van der Waals surface area contributed by atoms with Gasteiger partial charge in [-0.1, -0.05) is 30.0 Å². The summed E-state index contributed by atoms with van der Waals surface area (Å²) in [6.07, 6.45) is -0.667. The lowest BCUT2D eigenvalue weighted by molar-refractivity contribution is 0.198. The second-order valence-corrected chi connectivity index (χ2v) is 5.20. The van der Waals surface area contributed by atoms with Crippen LogP contribution in [0.25, 0.3) is 0 Å². The lowest BCUT2D eigenvalue weighted by Crippen LogP contribution is -1.93. The highest BCUT2D eigenvalue weighted by Crippen LogP contribution is 2.36. The van der Waals surface area contributed by atoms with Crippen LogP contribution >= 0.6 is 11.8 Å². The van der Waals surface area contributed by atoms with Crippen molar-refractivity contribution >= 4 is 11.8 Å². The standard InChI is InChI=1S/C15H15FO2S/c1-10(17)11-7-8-14(12(16)9-11)19-15-6-4-3-5-13(15)18-2/h3-10,17H,1-2H3/t10-/m1/s1. The predicted octanol–water partition coefficient (Wildman–Crippen LogP) is 4.04.